The average Bonchev–Trinajstić information content (AvgIpc) is 3.23. The fraction of sp³-hybridized carbons (Fsp3) is 0.385. The zero-order valence-corrected chi connectivity index (χ0v) is 19.0. The van der Waals surface area contributed by atoms with Crippen molar-refractivity contribution >= 4 is 17.7 Å². The van der Waals surface area contributed by atoms with Crippen LogP contribution in [0.5, 0.6) is 0 Å². The molecule has 4 nitrogen and oxygen atoms in total. The smallest absolute Gasteiger partial charge is 0.250 e. The third kappa shape index (κ3) is 5.84. The lowest BCUT2D eigenvalue weighted by atomic mass is 9.76. The summed E-state index contributed by atoms with van der Waals surface area (Å²) in [6.07, 6.45) is 9.75. The Morgan fingerprint density at radius 2 is 1.74 bits per heavy atom. The van der Waals surface area contributed by atoms with Crippen LogP contribution in [-0.2, 0) is 6.42 Å². The van der Waals surface area contributed by atoms with Crippen LogP contribution >= 0.6 is 11.6 Å². The maximum absolute atomic E-state index is 5.95. The molecule has 31 heavy (non-hydrogen) atoms. The van der Waals surface area contributed by atoms with E-state index in [0.29, 0.717) is 36.0 Å². The van der Waals surface area contributed by atoms with Gasteiger partial charge in [-0.2, -0.15) is 4.98 Å². The minimum Gasteiger partial charge on any atom is -0.335 e. The highest BCUT2D eigenvalue weighted by atomic mass is 35.5. The Hall–Kier alpha value is -2.43. The van der Waals surface area contributed by atoms with Gasteiger partial charge in [0, 0.05) is 17.5 Å². The molecule has 162 valence electrons. The number of hydrogen-bond acceptors (Lipinski definition) is 4. The lowest BCUT2D eigenvalue weighted by molar-refractivity contribution is 0.159. The molecule has 0 N–H and O–H groups in total. The molecule has 1 fully saturated rings. The summed E-state index contributed by atoms with van der Waals surface area (Å²) in [4.78, 5) is 6.89. The first-order chi connectivity index (χ1) is 15.1. The van der Waals surface area contributed by atoms with Gasteiger partial charge < -0.3 is 9.42 Å². The van der Waals surface area contributed by atoms with E-state index in [1.165, 1.54) is 31.2 Å². The largest absolute Gasteiger partial charge is 0.335 e. The average molecular weight is 436 g/mol. The van der Waals surface area contributed by atoms with E-state index >= 15 is 0 Å². The molecule has 3 aromatic rings. The second-order valence-electron chi connectivity index (χ2n) is 8.71. The summed E-state index contributed by atoms with van der Waals surface area (Å²) in [5.74, 6) is 2.54. The monoisotopic (exact) mass is 435 g/mol. The first kappa shape index (κ1) is 21.8. The van der Waals surface area contributed by atoms with Gasteiger partial charge in [0.25, 0.3) is 0 Å². The van der Waals surface area contributed by atoms with Gasteiger partial charge in [0.05, 0.1) is 0 Å². The summed E-state index contributed by atoms with van der Waals surface area (Å²) >= 11 is 5.95. The van der Waals surface area contributed by atoms with E-state index in [1.807, 2.05) is 30.3 Å². The van der Waals surface area contributed by atoms with E-state index in [-0.39, 0.29) is 0 Å². The van der Waals surface area contributed by atoms with Crippen molar-refractivity contribution in [2.75, 3.05) is 14.1 Å². The third-order valence-electron chi connectivity index (χ3n) is 6.23. The molecule has 0 radical (unpaired) electrons. The SMILES string of the molecule is CN(C)C(c1ccccc1)C1CCC(/C=C/c2nc(Cc3ccc(Cl)cc3)no2)CC1. The highest BCUT2D eigenvalue weighted by Crippen LogP contribution is 2.39. The second kappa shape index (κ2) is 10.3. The first-order valence-corrected chi connectivity index (χ1v) is 11.4. The van der Waals surface area contributed by atoms with Crippen LogP contribution in [0.1, 0.15) is 54.6 Å². The molecule has 2 aromatic carbocycles. The maximum atomic E-state index is 5.95. The van der Waals surface area contributed by atoms with Gasteiger partial charge in [0.1, 0.15) is 0 Å². The van der Waals surface area contributed by atoms with Crippen LogP contribution in [0.4, 0.5) is 0 Å². The van der Waals surface area contributed by atoms with Gasteiger partial charge in [-0.3, -0.25) is 0 Å². The molecule has 0 saturated heterocycles. The summed E-state index contributed by atoms with van der Waals surface area (Å²) in [5, 5.41) is 4.84. The molecule has 1 saturated carbocycles. The van der Waals surface area contributed by atoms with Gasteiger partial charge in [-0.05, 0) is 81.0 Å². The lowest BCUT2D eigenvalue weighted by Crippen LogP contribution is -2.30. The maximum Gasteiger partial charge on any atom is 0.250 e. The van der Waals surface area contributed by atoms with Crippen molar-refractivity contribution in [1.82, 2.24) is 15.0 Å². The van der Waals surface area contributed by atoms with Crippen LogP contribution in [0.15, 0.2) is 65.2 Å². The zero-order valence-electron chi connectivity index (χ0n) is 18.2. The molecule has 1 aliphatic carbocycles. The Labute approximate surface area is 189 Å². The van der Waals surface area contributed by atoms with Crippen molar-refractivity contribution < 1.29 is 4.52 Å². The molecule has 4 rings (SSSR count). The fourth-order valence-electron chi connectivity index (χ4n) is 4.71. The molecule has 0 amide bonds. The molecule has 1 aliphatic rings. The van der Waals surface area contributed by atoms with Gasteiger partial charge in [-0.1, -0.05) is 65.3 Å². The Bertz CT molecular complexity index is 973. The summed E-state index contributed by atoms with van der Waals surface area (Å²) in [5.41, 5.74) is 2.54. The van der Waals surface area contributed by atoms with E-state index < -0.39 is 0 Å². The topological polar surface area (TPSA) is 42.2 Å². The summed E-state index contributed by atoms with van der Waals surface area (Å²) in [6.45, 7) is 0. The van der Waals surface area contributed by atoms with Gasteiger partial charge in [0.15, 0.2) is 5.82 Å². The van der Waals surface area contributed by atoms with Crippen LogP contribution in [0, 0.1) is 11.8 Å². The van der Waals surface area contributed by atoms with E-state index in [1.54, 1.807) is 0 Å². The minimum atomic E-state index is 0.484. The predicted octanol–water partition coefficient (Wildman–Crippen LogP) is 6.44. The Balaban J connectivity index is 1.31. The van der Waals surface area contributed by atoms with Crippen molar-refractivity contribution in [1.29, 1.82) is 0 Å². The van der Waals surface area contributed by atoms with E-state index in [0.717, 1.165) is 10.6 Å². The number of rotatable bonds is 7. The molecule has 0 aliphatic heterocycles. The van der Waals surface area contributed by atoms with Crippen LogP contribution in [0.2, 0.25) is 5.02 Å². The molecule has 1 heterocycles. The number of hydrogen-bond donors (Lipinski definition) is 0. The molecular formula is C26H30ClN3O. The summed E-state index contributed by atoms with van der Waals surface area (Å²) in [6, 6.07) is 19.1. The molecule has 0 bridgehead atoms. The van der Waals surface area contributed by atoms with Crippen molar-refractivity contribution in [2.24, 2.45) is 11.8 Å². The number of allylic oxidation sites excluding steroid dienone is 1. The number of benzene rings is 2. The van der Waals surface area contributed by atoms with E-state index in [9.17, 15) is 0 Å². The Morgan fingerprint density at radius 3 is 2.42 bits per heavy atom. The Kier molecular flexibility index (Phi) is 7.21. The predicted molar refractivity (Wildman–Crippen MR) is 126 cm³/mol. The van der Waals surface area contributed by atoms with Crippen molar-refractivity contribution in [3.8, 4) is 0 Å². The van der Waals surface area contributed by atoms with Crippen molar-refractivity contribution in [2.45, 2.75) is 38.1 Å². The minimum absolute atomic E-state index is 0.484. The van der Waals surface area contributed by atoms with Crippen LogP contribution in [0.25, 0.3) is 6.08 Å². The normalized spacial score (nSPS) is 20.4. The van der Waals surface area contributed by atoms with Crippen LogP contribution in [-0.4, -0.2) is 29.1 Å². The second-order valence-corrected chi connectivity index (χ2v) is 9.14. The Morgan fingerprint density at radius 1 is 1.03 bits per heavy atom. The highest BCUT2D eigenvalue weighted by molar-refractivity contribution is 6.30. The van der Waals surface area contributed by atoms with Gasteiger partial charge in [-0.15, -0.1) is 0 Å². The number of halogens is 1. The van der Waals surface area contributed by atoms with Gasteiger partial charge >= 0.3 is 0 Å². The third-order valence-corrected chi connectivity index (χ3v) is 6.48. The fourth-order valence-corrected chi connectivity index (χ4v) is 4.83. The van der Waals surface area contributed by atoms with E-state index in [4.69, 9.17) is 16.1 Å². The summed E-state index contributed by atoms with van der Waals surface area (Å²) in [7, 11) is 4.39. The first-order valence-electron chi connectivity index (χ1n) is 11.0. The molecule has 0 spiro atoms. The standard InChI is InChI=1S/C26H30ClN3O/c1-30(2)26(21-6-4-3-5-7-21)22-13-8-19(9-14-22)12-17-25-28-24(29-31-25)18-20-10-15-23(27)16-11-20/h3-7,10-12,15-17,19,22,26H,8-9,13-14,18H2,1-2H3/b17-12+. The molecule has 5 heteroatoms. The highest BCUT2D eigenvalue weighted by Gasteiger charge is 2.29. The molecule has 1 atom stereocenters. The number of aromatic nitrogens is 2. The van der Waals surface area contributed by atoms with Crippen molar-refractivity contribution in [3.63, 3.8) is 0 Å². The molecule has 1 unspecified atom stereocenters. The van der Waals surface area contributed by atoms with E-state index in [2.05, 4.69) is 65.5 Å². The molecular weight excluding hydrogens is 406 g/mol. The zero-order chi connectivity index (χ0) is 21.6. The van der Waals surface area contributed by atoms with Crippen molar-refractivity contribution in [3.05, 3.63) is 88.5 Å². The molecule has 1 aromatic heterocycles. The quantitative estimate of drug-likeness (QED) is 0.428. The van der Waals surface area contributed by atoms with Gasteiger partial charge in [0.2, 0.25) is 5.89 Å². The van der Waals surface area contributed by atoms with Gasteiger partial charge in [-0.25, -0.2) is 0 Å². The van der Waals surface area contributed by atoms with Crippen LogP contribution < -0.4 is 0 Å². The lowest BCUT2D eigenvalue weighted by Gasteiger charge is -2.37. The summed E-state index contributed by atoms with van der Waals surface area (Å²) < 4.78 is 5.42. The van der Waals surface area contributed by atoms with Crippen LogP contribution in [0.3, 0.4) is 0 Å². The number of nitrogens with zero attached hydrogens (tertiary/aromatic N) is 3.